The van der Waals surface area contributed by atoms with Crippen LogP contribution in [-0.2, 0) is 0 Å². The van der Waals surface area contributed by atoms with E-state index in [0.717, 1.165) is 5.75 Å². The predicted molar refractivity (Wildman–Crippen MR) is 72.8 cm³/mol. The van der Waals surface area contributed by atoms with E-state index in [0.29, 0.717) is 18.6 Å². The molecule has 0 bridgehead atoms. The van der Waals surface area contributed by atoms with Crippen LogP contribution in [0, 0.1) is 5.82 Å². The van der Waals surface area contributed by atoms with Gasteiger partial charge in [0, 0.05) is 5.92 Å². The molecule has 1 N–H and O–H groups in total. The molecular weight excluding hydrogens is 243 g/mol. The summed E-state index contributed by atoms with van der Waals surface area (Å²) in [6.07, 6.45) is 0.576. The lowest BCUT2D eigenvalue weighted by atomic mass is 9.96. The van der Waals surface area contributed by atoms with Gasteiger partial charge in [0.2, 0.25) is 0 Å². The summed E-state index contributed by atoms with van der Waals surface area (Å²) in [7, 11) is 0. The van der Waals surface area contributed by atoms with Crippen LogP contribution in [-0.4, -0.2) is 18.3 Å². The van der Waals surface area contributed by atoms with E-state index < -0.39 is 0 Å². The molecule has 0 aliphatic heterocycles. The molecule has 2 aromatic carbocycles. The Morgan fingerprint density at radius 3 is 2.37 bits per heavy atom. The van der Waals surface area contributed by atoms with Crippen molar-refractivity contribution in [1.29, 1.82) is 0 Å². The third-order valence-electron chi connectivity index (χ3n) is 3.04. The van der Waals surface area contributed by atoms with Crippen molar-refractivity contribution in [1.82, 2.24) is 0 Å². The first kappa shape index (κ1) is 13.6. The van der Waals surface area contributed by atoms with Gasteiger partial charge >= 0.3 is 0 Å². The fourth-order valence-corrected chi connectivity index (χ4v) is 1.99. The van der Waals surface area contributed by atoms with Gasteiger partial charge in [-0.15, -0.1) is 0 Å². The van der Waals surface area contributed by atoms with Gasteiger partial charge in [0.05, 0.1) is 13.2 Å². The van der Waals surface area contributed by atoms with Gasteiger partial charge in [0.25, 0.3) is 0 Å². The lowest BCUT2D eigenvalue weighted by molar-refractivity contribution is 0.227. The lowest BCUT2D eigenvalue weighted by Crippen LogP contribution is -2.11. The van der Waals surface area contributed by atoms with Crippen molar-refractivity contribution in [3.05, 3.63) is 66.0 Å². The quantitative estimate of drug-likeness (QED) is 0.863. The van der Waals surface area contributed by atoms with Crippen molar-refractivity contribution >= 4 is 0 Å². The number of benzene rings is 2. The van der Waals surface area contributed by atoms with Crippen LogP contribution in [0.5, 0.6) is 5.75 Å². The van der Waals surface area contributed by atoms with Crippen LogP contribution in [0.4, 0.5) is 4.39 Å². The highest BCUT2D eigenvalue weighted by atomic mass is 19.1. The van der Waals surface area contributed by atoms with Crippen LogP contribution in [0.1, 0.15) is 17.9 Å². The summed E-state index contributed by atoms with van der Waals surface area (Å²) in [4.78, 5) is 0. The highest BCUT2D eigenvalue weighted by Crippen LogP contribution is 2.22. The third-order valence-corrected chi connectivity index (χ3v) is 3.04. The summed E-state index contributed by atoms with van der Waals surface area (Å²) >= 11 is 0. The van der Waals surface area contributed by atoms with E-state index in [2.05, 4.69) is 0 Å². The summed E-state index contributed by atoms with van der Waals surface area (Å²) < 4.78 is 19.2. The molecule has 0 saturated carbocycles. The van der Waals surface area contributed by atoms with Crippen molar-refractivity contribution in [3.63, 3.8) is 0 Å². The van der Waals surface area contributed by atoms with Gasteiger partial charge in [-0.3, -0.25) is 0 Å². The Morgan fingerprint density at radius 1 is 1.00 bits per heavy atom. The van der Waals surface area contributed by atoms with Crippen molar-refractivity contribution in [2.45, 2.75) is 12.3 Å². The van der Waals surface area contributed by atoms with Crippen molar-refractivity contribution < 1.29 is 14.2 Å². The molecule has 0 radical (unpaired) electrons. The minimum Gasteiger partial charge on any atom is -0.494 e. The summed E-state index contributed by atoms with van der Waals surface area (Å²) in [6, 6.07) is 16.0. The second kappa shape index (κ2) is 6.90. The van der Waals surface area contributed by atoms with Crippen LogP contribution in [0.25, 0.3) is 0 Å². The Morgan fingerprint density at radius 2 is 1.68 bits per heavy atom. The number of ether oxygens (including phenoxy) is 1. The Labute approximate surface area is 112 Å². The van der Waals surface area contributed by atoms with Crippen molar-refractivity contribution in [3.8, 4) is 5.75 Å². The van der Waals surface area contributed by atoms with Gasteiger partial charge in [0.15, 0.2) is 0 Å². The predicted octanol–water partition coefficient (Wildman–Crippen LogP) is 3.37. The van der Waals surface area contributed by atoms with E-state index >= 15 is 0 Å². The second-order valence-electron chi connectivity index (χ2n) is 4.35. The van der Waals surface area contributed by atoms with Crippen LogP contribution in [0.15, 0.2) is 54.6 Å². The highest BCUT2D eigenvalue weighted by Gasteiger charge is 2.14. The molecule has 2 nitrogen and oxygen atoms in total. The first-order chi connectivity index (χ1) is 9.31. The summed E-state index contributed by atoms with van der Waals surface area (Å²) in [5.41, 5.74) is 0.543. The Bertz CT molecular complexity index is 499. The normalized spacial score (nSPS) is 12.1. The molecule has 0 heterocycles. The fourth-order valence-electron chi connectivity index (χ4n) is 1.99. The zero-order chi connectivity index (χ0) is 13.5. The minimum absolute atomic E-state index is 0.0842. The molecule has 100 valence electrons. The molecule has 1 unspecified atom stereocenters. The lowest BCUT2D eigenvalue weighted by Gasteiger charge is -2.15. The van der Waals surface area contributed by atoms with Crippen LogP contribution in [0.3, 0.4) is 0 Å². The number of halogens is 1. The zero-order valence-electron chi connectivity index (χ0n) is 10.6. The topological polar surface area (TPSA) is 29.5 Å². The van der Waals surface area contributed by atoms with Crippen LogP contribution in [0.2, 0.25) is 0 Å². The SMILES string of the molecule is OCC(CCOc1ccccc1)c1ccccc1F. The average molecular weight is 260 g/mol. The fraction of sp³-hybridized carbons (Fsp3) is 0.250. The van der Waals surface area contributed by atoms with E-state index in [1.165, 1.54) is 6.07 Å². The number of hydrogen-bond acceptors (Lipinski definition) is 2. The average Bonchev–Trinajstić information content (AvgIpc) is 2.46. The van der Waals surface area contributed by atoms with E-state index in [4.69, 9.17) is 4.74 Å². The monoisotopic (exact) mass is 260 g/mol. The highest BCUT2D eigenvalue weighted by molar-refractivity contribution is 5.23. The van der Waals surface area contributed by atoms with E-state index in [-0.39, 0.29) is 18.3 Å². The Hall–Kier alpha value is -1.87. The molecule has 2 aromatic rings. The van der Waals surface area contributed by atoms with Gasteiger partial charge in [-0.25, -0.2) is 4.39 Å². The minimum atomic E-state index is -0.277. The second-order valence-corrected chi connectivity index (χ2v) is 4.35. The molecule has 0 aromatic heterocycles. The maximum absolute atomic E-state index is 13.6. The summed E-state index contributed by atoms with van der Waals surface area (Å²) in [5, 5.41) is 9.38. The molecule has 3 heteroatoms. The first-order valence-electron chi connectivity index (χ1n) is 6.34. The van der Waals surface area contributed by atoms with E-state index in [1.54, 1.807) is 18.2 Å². The van der Waals surface area contributed by atoms with E-state index in [9.17, 15) is 9.50 Å². The smallest absolute Gasteiger partial charge is 0.126 e. The summed E-state index contributed by atoms with van der Waals surface area (Å²) in [6.45, 7) is 0.364. The molecule has 1 atom stereocenters. The standard InChI is InChI=1S/C16H17FO2/c17-16-9-5-4-8-15(16)13(12-18)10-11-19-14-6-2-1-3-7-14/h1-9,13,18H,10-12H2. The molecule has 19 heavy (non-hydrogen) atoms. The van der Waals surface area contributed by atoms with Gasteiger partial charge < -0.3 is 9.84 Å². The molecule has 0 aliphatic rings. The zero-order valence-corrected chi connectivity index (χ0v) is 10.6. The molecule has 0 amide bonds. The number of para-hydroxylation sites is 1. The van der Waals surface area contributed by atoms with Gasteiger partial charge in [0.1, 0.15) is 11.6 Å². The maximum atomic E-state index is 13.6. The third kappa shape index (κ3) is 3.80. The summed E-state index contributed by atoms with van der Waals surface area (Å²) in [5.74, 6) is 0.277. The molecule has 0 spiro atoms. The van der Waals surface area contributed by atoms with Crippen LogP contribution >= 0.6 is 0 Å². The van der Waals surface area contributed by atoms with Gasteiger partial charge in [-0.2, -0.15) is 0 Å². The number of aliphatic hydroxyl groups is 1. The maximum Gasteiger partial charge on any atom is 0.126 e. The Balaban J connectivity index is 1.92. The molecule has 0 fully saturated rings. The van der Waals surface area contributed by atoms with Crippen molar-refractivity contribution in [2.75, 3.05) is 13.2 Å². The number of aliphatic hydroxyl groups excluding tert-OH is 1. The number of hydrogen-bond donors (Lipinski definition) is 1. The Kier molecular flexibility index (Phi) is 4.93. The van der Waals surface area contributed by atoms with Crippen LogP contribution < -0.4 is 4.74 Å². The van der Waals surface area contributed by atoms with Gasteiger partial charge in [-0.05, 0) is 30.2 Å². The van der Waals surface area contributed by atoms with E-state index in [1.807, 2.05) is 30.3 Å². The first-order valence-corrected chi connectivity index (χ1v) is 6.34. The molecular formula is C16H17FO2. The van der Waals surface area contributed by atoms with Crippen molar-refractivity contribution in [2.24, 2.45) is 0 Å². The molecule has 2 rings (SSSR count). The number of rotatable bonds is 6. The largest absolute Gasteiger partial charge is 0.494 e. The van der Waals surface area contributed by atoms with Gasteiger partial charge in [-0.1, -0.05) is 36.4 Å². The molecule has 0 saturated heterocycles. The molecule has 0 aliphatic carbocycles.